The van der Waals surface area contributed by atoms with E-state index >= 15 is 0 Å². The molecule has 1 saturated heterocycles. The minimum atomic E-state index is -4.67. The first-order chi connectivity index (χ1) is 8.77. The van der Waals surface area contributed by atoms with E-state index in [9.17, 15) is 0 Å². The molecule has 4 N–H and O–H groups in total. The second kappa shape index (κ2) is 6.71. The van der Waals surface area contributed by atoms with Crippen molar-refractivity contribution in [1.82, 2.24) is 0 Å². The normalized spacial score (nSPS) is 15.6. The van der Waals surface area contributed by atoms with Gasteiger partial charge in [-0.2, -0.15) is 8.42 Å². The predicted octanol–water partition coefficient (Wildman–Crippen LogP) is 0.761. The number of anilines is 2. The average Bonchev–Trinajstić information content (AvgIpc) is 2.32. The van der Waals surface area contributed by atoms with Gasteiger partial charge in [0.15, 0.2) is 0 Å². The van der Waals surface area contributed by atoms with E-state index in [0.717, 1.165) is 37.6 Å². The third-order valence-electron chi connectivity index (χ3n) is 2.63. The highest BCUT2D eigenvalue weighted by molar-refractivity contribution is 7.79. The molecule has 7 nitrogen and oxygen atoms in total. The van der Waals surface area contributed by atoms with Crippen LogP contribution in [0, 0.1) is 6.92 Å². The molecule has 0 atom stereocenters. The summed E-state index contributed by atoms with van der Waals surface area (Å²) in [6.07, 6.45) is 0. The molecule has 1 fully saturated rings. The van der Waals surface area contributed by atoms with Crippen molar-refractivity contribution in [2.45, 2.75) is 6.92 Å². The smallest absolute Gasteiger partial charge is 0.394 e. The molecule has 0 unspecified atom stereocenters. The lowest BCUT2D eigenvalue weighted by atomic mass is 10.1. The molecule has 8 heteroatoms. The average molecular weight is 290 g/mol. The zero-order valence-corrected chi connectivity index (χ0v) is 11.4. The summed E-state index contributed by atoms with van der Waals surface area (Å²) in [5.74, 6) is 0. The Balaban J connectivity index is 0.000000312. The Hall–Kier alpha value is -1.35. The lowest BCUT2D eigenvalue weighted by Crippen LogP contribution is -2.36. The molecule has 1 aliphatic rings. The Kier molecular flexibility index (Phi) is 5.55. The van der Waals surface area contributed by atoms with Crippen LogP contribution in [0.1, 0.15) is 5.56 Å². The summed E-state index contributed by atoms with van der Waals surface area (Å²) in [6, 6.07) is 6.19. The molecule has 0 aliphatic carbocycles. The summed E-state index contributed by atoms with van der Waals surface area (Å²) in [5, 5.41) is 0. The van der Waals surface area contributed by atoms with Crippen molar-refractivity contribution in [1.29, 1.82) is 0 Å². The first-order valence-corrected chi connectivity index (χ1v) is 7.06. The fraction of sp³-hybridized carbons (Fsp3) is 0.455. The molecule has 1 aromatic carbocycles. The van der Waals surface area contributed by atoms with Gasteiger partial charge in [-0.15, -0.1) is 0 Å². The van der Waals surface area contributed by atoms with E-state index in [0.29, 0.717) is 0 Å². The van der Waals surface area contributed by atoms with Crippen LogP contribution in [-0.2, 0) is 15.1 Å². The molecule has 0 radical (unpaired) electrons. The third-order valence-corrected chi connectivity index (χ3v) is 2.63. The quantitative estimate of drug-likeness (QED) is 0.517. The maximum Gasteiger partial charge on any atom is 0.394 e. The van der Waals surface area contributed by atoms with Gasteiger partial charge in [0.2, 0.25) is 0 Å². The number of rotatable bonds is 1. The fourth-order valence-electron chi connectivity index (χ4n) is 1.68. The van der Waals surface area contributed by atoms with Crippen LogP contribution in [-0.4, -0.2) is 43.8 Å². The number of ether oxygens (including phenoxy) is 1. The highest BCUT2D eigenvalue weighted by Gasteiger charge is 2.11. The molecule has 0 amide bonds. The van der Waals surface area contributed by atoms with E-state index < -0.39 is 10.4 Å². The van der Waals surface area contributed by atoms with Gasteiger partial charge in [-0.25, -0.2) is 0 Å². The van der Waals surface area contributed by atoms with Crippen molar-refractivity contribution >= 4 is 21.8 Å². The van der Waals surface area contributed by atoms with E-state index in [2.05, 4.69) is 17.0 Å². The highest BCUT2D eigenvalue weighted by Crippen LogP contribution is 2.21. The largest absolute Gasteiger partial charge is 0.399 e. The Morgan fingerprint density at radius 1 is 1.26 bits per heavy atom. The zero-order valence-electron chi connectivity index (χ0n) is 10.6. The number of hydrogen-bond donors (Lipinski definition) is 3. The van der Waals surface area contributed by atoms with Crippen LogP contribution in [0.25, 0.3) is 0 Å². The summed E-state index contributed by atoms with van der Waals surface area (Å²) in [7, 11) is -4.67. The number of aryl methyl sites for hydroxylation is 1. The van der Waals surface area contributed by atoms with Gasteiger partial charge in [0, 0.05) is 24.5 Å². The molecule has 108 valence electrons. The van der Waals surface area contributed by atoms with Gasteiger partial charge in [-0.1, -0.05) is 0 Å². The Bertz CT molecular complexity index is 504. The number of nitrogens with two attached hydrogens (primary N) is 1. The number of morpholine rings is 1. The van der Waals surface area contributed by atoms with E-state index in [1.165, 1.54) is 5.69 Å². The molecule has 0 spiro atoms. The maximum absolute atomic E-state index is 8.74. The van der Waals surface area contributed by atoms with Crippen LogP contribution in [0.2, 0.25) is 0 Å². The number of nitrogen functional groups attached to an aromatic ring is 1. The highest BCUT2D eigenvalue weighted by atomic mass is 32.3. The number of hydrogen-bond acceptors (Lipinski definition) is 5. The van der Waals surface area contributed by atoms with Gasteiger partial charge >= 0.3 is 10.4 Å². The van der Waals surface area contributed by atoms with Crippen LogP contribution >= 0.6 is 0 Å². The third kappa shape index (κ3) is 6.39. The van der Waals surface area contributed by atoms with Crippen LogP contribution in [0.3, 0.4) is 0 Å². The van der Waals surface area contributed by atoms with Crippen molar-refractivity contribution in [3.8, 4) is 0 Å². The molecular formula is C11H18N2O5S. The molecule has 2 rings (SSSR count). The summed E-state index contributed by atoms with van der Waals surface area (Å²) in [6.45, 7) is 5.64. The summed E-state index contributed by atoms with van der Waals surface area (Å²) in [5.41, 5.74) is 9.04. The first kappa shape index (κ1) is 15.7. The summed E-state index contributed by atoms with van der Waals surface area (Å²) < 4.78 is 36.9. The van der Waals surface area contributed by atoms with Gasteiger partial charge in [0.05, 0.1) is 13.2 Å². The van der Waals surface area contributed by atoms with Crippen LogP contribution < -0.4 is 10.6 Å². The molecule has 0 saturated carbocycles. The number of nitrogens with zero attached hydrogens (tertiary/aromatic N) is 1. The molecule has 1 aliphatic heterocycles. The van der Waals surface area contributed by atoms with Crippen molar-refractivity contribution in [2.24, 2.45) is 0 Å². The SMILES string of the molecule is Cc1cc(N2CCOCC2)ccc1N.O=S(=O)(O)O. The van der Waals surface area contributed by atoms with Crippen molar-refractivity contribution in [3.63, 3.8) is 0 Å². The second-order valence-corrected chi connectivity index (χ2v) is 4.98. The topological polar surface area (TPSA) is 113 Å². The molecule has 1 heterocycles. The molecule has 0 bridgehead atoms. The van der Waals surface area contributed by atoms with Crippen molar-refractivity contribution in [3.05, 3.63) is 23.8 Å². The minimum Gasteiger partial charge on any atom is -0.399 e. The van der Waals surface area contributed by atoms with E-state index in [-0.39, 0.29) is 0 Å². The monoisotopic (exact) mass is 290 g/mol. The van der Waals surface area contributed by atoms with Gasteiger partial charge < -0.3 is 15.4 Å². The number of benzene rings is 1. The molecule has 19 heavy (non-hydrogen) atoms. The predicted molar refractivity (Wildman–Crippen MR) is 72.8 cm³/mol. The Labute approximate surface area is 112 Å². The van der Waals surface area contributed by atoms with Gasteiger partial charge in [0.1, 0.15) is 0 Å². The minimum absolute atomic E-state index is 0.823. The van der Waals surface area contributed by atoms with Crippen LogP contribution in [0.15, 0.2) is 18.2 Å². The first-order valence-electron chi connectivity index (χ1n) is 5.66. The lowest BCUT2D eigenvalue weighted by molar-refractivity contribution is 0.122. The second-order valence-electron chi connectivity index (χ2n) is 4.09. The van der Waals surface area contributed by atoms with Crippen LogP contribution in [0.4, 0.5) is 11.4 Å². The molecule has 0 aromatic heterocycles. The van der Waals surface area contributed by atoms with E-state index in [4.69, 9.17) is 28.0 Å². The van der Waals surface area contributed by atoms with Gasteiger partial charge in [-0.05, 0) is 30.7 Å². The van der Waals surface area contributed by atoms with Crippen molar-refractivity contribution in [2.75, 3.05) is 36.9 Å². The van der Waals surface area contributed by atoms with E-state index in [1.807, 2.05) is 13.0 Å². The van der Waals surface area contributed by atoms with E-state index in [1.54, 1.807) is 0 Å². The lowest BCUT2D eigenvalue weighted by Gasteiger charge is -2.29. The maximum atomic E-state index is 8.74. The van der Waals surface area contributed by atoms with Crippen molar-refractivity contribution < 1.29 is 22.3 Å². The molecular weight excluding hydrogens is 272 g/mol. The summed E-state index contributed by atoms with van der Waals surface area (Å²) in [4.78, 5) is 2.33. The Morgan fingerprint density at radius 2 is 1.79 bits per heavy atom. The van der Waals surface area contributed by atoms with Crippen LogP contribution in [0.5, 0.6) is 0 Å². The molecule has 1 aromatic rings. The standard InChI is InChI=1S/C11H16N2O.H2O4S/c1-9-8-10(2-3-11(9)12)13-4-6-14-7-5-13;1-5(2,3)4/h2-3,8H,4-7,12H2,1H3;(H2,1,2,3,4). The fourth-order valence-corrected chi connectivity index (χ4v) is 1.68. The van der Waals surface area contributed by atoms with Gasteiger partial charge in [-0.3, -0.25) is 9.11 Å². The summed E-state index contributed by atoms with van der Waals surface area (Å²) >= 11 is 0. The Morgan fingerprint density at radius 3 is 2.26 bits per heavy atom. The zero-order chi connectivity index (χ0) is 14.5. The van der Waals surface area contributed by atoms with Gasteiger partial charge in [0.25, 0.3) is 0 Å².